The predicted octanol–water partition coefficient (Wildman–Crippen LogP) is 1.08. The van der Waals surface area contributed by atoms with Gasteiger partial charge in [0.15, 0.2) is 28.9 Å². The van der Waals surface area contributed by atoms with Gasteiger partial charge in [-0.3, -0.25) is 9.36 Å². The van der Waals surface area contributed by atoms with Gasteiger partial charge in [-0.1, -0.05) is 12.1 Å². The third-order valence-electron chi connectivity index (χ3n) is 5.70. The molecule has 3 aromatic rings. The monoisotopic (exact) mass is 521 g/mol. The van der Waals surface area contributed by atoms with E-state index in [2.05, 4.69) is 55.0 Å². The second-order valence-corrected chi connectivity index (χ2v) is 8.65. The number of amides is 1. The zero-order valence-corrected chi connectivity index (χ0v) is 18.3. The lowest BCUT2D eigenvalue weighted by molar-refractivity contribution is -0.217. The molecule has 1 aromatic carbocycles. The van der Waals surface area contributed by atoms with Crippen molar-refractivity contribution in [3.63, 3.8) is 0 Å². The molecule has 0 unspecified atom stereocenters. The van der Waals surface area contributed by atoms with E-state index >= 15 is 0 Å². The smallest absolute Gasteiger partial charge is 0.211 e. The molecule has 0 aliphatic carbocycles. The number of rotatable bonds is 6. The van der Waals surface area contributed by atoms with E-state index in [1.165, 1.54) is 14.8 Å². The molecule has 5 rings (SSSR count). The fourth-order valence-electron chi connectivity index (χ4n) is 4.05. The van der Waals surface area contributed by atoms with Gasteiger partial charge in [0, 0.05) is 17.2 Å². The number of hydrogen-bond donors (Lipinski definition) is 2. The topological polar surface area (TPSA) is 120 Å². The lowest BCUT2D eigenvalue weighted by Gasteiger charge is -2.36. The Morgan fingerprint density at radius 3 is 3.10 bits per heavy atom. The second kappa shape index (κ2) is 7.41. The van der Waals surface area contributed by atoms with E-state index in [4.69, 9.17) is 15.2 Å². The molecule has 11 heteroatoms. The molecule has 3 N–H and O–H groups in total. The van der Waals surface area contributed by atoms with Gasteiger partial charge in [0.2, 0.25) is 6.41 Å². The van der Waals surface area contributed by atoms with Crippen molar-refractivity contribution in [1.29, 1.82) is 0 Å². The fourth-order valence-corrected chi connectivity index (χ4v) is 4.65. The van der Waals surface area contributed by atoms with Crippen LogP contribution in [-0.2, 0) is 20.8 Å². The molecule has 30 heavy (non-hydrogen) atoms. The molecule has 2 aliphatic rings. The van der Waals surface area contributed by atoms with Gasteiger partial charge < -0.3 is 25.4 Å². The third-order valence-corrected chi connectivity index (χ3v) is 6.37. The van der Waals surface area contributed by atoms with E-state index in [-0.39, 0.29) is 6.61 Å². The number of halogens is 1. The van der Waals surface area contributed by atoms with E-state index in [1.54, 1.807) is 17.9 Å². The predicted molar refractivity (Wildman–Crippen MR) is 116 cm³/mol. The van der Waals surface area contributed by atoms with E-state index < -0.39 is 24.1 Å². The van der Waals surface area contributed by atoms with Crippen LogP contribution in [0.25, 0.3) is 11.2 Å². The number of hydrogen-bond acceptors (Lipinski definition) is 8. The van der Waals surface area contributed by atoms with Crippen LogP contribution >= 0.6 is 22.6 Å². The first-order valence-corrected chi connectivity index (χ1v) is 10.5. The molecule has 2 bridgehead atoms. The summed E-state index contributed by atoms with van der Waals surface area (Å²) in [6, 6.07) is 7.75. The highest BCUT2D eigenvalue weighted by atomic mass is 127. The summed E-state index contributed by atoms with van der Waals surface area (Å²) >= 11 is 2.29. The van der Waals surface area contributed by atoms with E-state index in [1.807, 2.05) is 12.1 Å². The van der Waals surface area contributed by atoms with Crippen molar-refractivity contribution in [3.8, 4) is 0 Å². The molecule has 0 saturated carbocycles. The largest absolute Gasteiger partial charge is 0.367 e. The summed E-state index contributed by atoms with van der Waals surface area (Å²) in [5.74, 6) is 0.630. The Labute approximate surface area is 185 Å². The number of aromatic nitrogens is 4. The number of nitrogens with two attached hydrogens (primary N) is 1. The van der Waals surface area contributed by atoms with Crippen molar-refractivity contribution in [1.82, 2.24) is 24.4 Å². The molecule has 10 nitrogen and oxygen atoms in total. The summed E-state index contributed by atoms with van der Waals surface area (Å²) in [4.78, 5) is 26.1. The summed E-state index contributed by atoms with van der Waals surface area (Å²) in [6.45, 7) is 0.842. The Hall–Kier alpha value is -2.35. The molecule has 0 spiro atoms. The molecular formula is C19H20IN7O3. The molecule has 4 atom stereocenters. The zero-order valence-electron chi connectivity index (χ0n) is 16.1. The average molecular weight is 521 g/mol. The van der Waals surface area contributed by atoms with Crippen molar-refractivity contribution in [2.75, 3.05) is 19.0 Å². The van der Waals surface area contributed by atoms with Gasteiger partial charge in [0.1, 0.15) is 12.4 Å². The highest BCUT2D eigenvalue weighted by Gasteiger charge is 2.63. The van der Waals surface area contributed by atoms with Gasteiger partial charge in [0.25, 0.3) is 0 Å². The van der Waals surface area contributed by atoms with Crippen LogP contribution in [0.4, 0.5) is 5.82 Å². The maximum Gasteiger partial charge on any atom is 0.211 e. The van der Waals surface area contributed by atoms with Crippen LogP contribution in [0.2, 0.25) is 0 Å². The molecule has 2 saturated heterocycles. The average Bonchev–Trinajstić information content (AvgIpc) is 3.42. The Morgan fingerprint density at radius 1 is 1.43 bits per heavy atom. The van der Waals surface area contributed by atoms with Crippen molar-refractivity contribution < 1.29 is 14.3 Å². The normalized spacial score (nSPS) is 27.5. The standard InChI is InChI=1S/C19H20IN7O3/c1-26(10-28)19-7-29-14(15(19)21)18(30-19)27-9-25-13-16(23-8-24-17(13)27)22-6-11-3-2-4-12(20)5-11/h2-5,8-10,14-15,18H,6-7,21H2,1H3,(H,22,23,24)/t14-,15+,18-,19-/m1/s1. The maximum atomic E-state index is 11.4. The number of carbonyl (C=O) groups excluding carboxylic acids is 1. The van der Waals surface area contributed by atoms with Gasteiger partial charge in [0.05, 0.1) is 19.0 Å². The Morgan fingerprint density at radius 2 is 2.30 bits per heavy atom. The van der Waals surface area contributed by atoms with E-state index in [0.717, 1.165) is 5.56 Å². The first-order valence-electron chi connectivity index (χ1n) is 9.42. The number of carbonyl (C=O) groups is 1. The summed E-state index contributed by atoms with van der Waals surface area (Å²) in [7, 11) is 1.64. The summed E-state index contributed by atoms with van der Waals surface area (Å²) in [6.07, 6.45) is 2.88. The highest BCUT2D eigenvalue weighted by molar-refractivity contribution is 14.1. The number of imidazole rings is 1. The lowest BCUT2D eigenvalue weighted by Crippen LogP contribution is -2.56. The van der Waals surface area contributed by atoms with Crippen LogP contribution in [0.1, 0.15) is 11.8 Å². The summed E-state index contributed by atoms with van der Waals surface area (Å²) < 4.78 is 15.1. The van der Waals surface area contributed by atoms with Crippen LogP contribution in [0.15, 0.2) is 36.9 Å². The molecule has 4 heterocycles. The minimum absolute atomic E-state index is 0.231. The molecular weight excluding hydrogens is 501 g/mol. The van der Waals surface area contributed by atoms with Crippen LogP contribution in [-0.4, -0.2) is 62.4 Å². The van der Waals surface area contributed by atoms with Gasteiger partial charge in [-0.15, -0.1) is 0 Å². The van der Waals surface area contributed by atoms with Crippen molar-refractivity contribution in [2.24, 2.45) is 5.73 Å². The van der Waals surface area contributed by atoms with Crippen molar-refractivity contribution in [3.05, 3.63) is 46.1 Å². The number of nitrogens with zero attached hydrogens (tertiary/aromatic N) is 5. The molecule has 1 amide bonds. The number of anilines is 1. The third kappa shape index (κ3) is 2.95. The number of ether oxygens (including phenoxy) is 2. The first kappa shape index (κ1) is 19.6. The minimum Gasteiger partial charge on any atom is -0.367 e. The highest BCUT2D eigenvalue weighted by Crippen LogP contribution is 2.45. The SMILES string of the molecule is CN(C=O)[C@]12CO[C@@H]([C@H](n3cnc4c(NCc5cccc(I)c5)ncnc43)O1)[C@@H]2N. The Balaban J connectivity index is 1.44. The maximum absolute atomic E-state index is 11.4. The van der Waals surface area contributed by atoms with Gasteiger partial charge in [-0.2, -0.15) is 0 Å². The first-order chi connectivity index (χ1) is 14.5. The number of likely N-dealkylation sites (N-methyl/N-ethyl adjacent to an activating group) is 1. The zero-order chi connectivity index (χ0) is 20.9. The van der Waals surface area contributed by atoms with Gasteiger partial charge in [-0.25, -0.2) is 15.0 Å². The van der Waals surface area contributed by atoms with E-state index in [0.29, 0.717) is 29.9 Å². The number of benzene rings is 1. The molecule has 2 fully saturated rings. The number of fused-ring (bicyclic) bond motifs is 3. The quantitative estimate of drug-likeness (QED) is 0.366. The van der Waals surface area contributed by atoms with Crippen LogP contribution in [0, 0.1) is 3.57 Å². The van der Waals surface area contributed by atoms with Crippen LogP contribution < -0.4 is 11.1 Å². The molecule has 0 radical (unpaired) electrons. The van der Waals surface area contributed by atoms with Crippen molar-refractivity contribution >= 4 is 46.0 Å². The van der Waals surface area contributed by atoms with E-state index in [9.17, 15) is 4.79 Å². The Kier molecular flexibility index (Phi) is 4.84. The molecule has 2 aromatic heterocycles. The van der Waals surface area contributed by atoms with Gasteiger partial charge >= 0.3 is 0 Å². The molecule has 2 aliphatic heterocycles. The van der Waals surface area contributed by atoms with Crippen molar-refractivity contribution in [2.45, 2.75) is 30.6 Å². The van der Waals surface area contributed by atoms with Crippen LogP contribution in [0.5, 0.6) is 0 Å². The Bertz CT molecular complexity index is 1110. The minimum atomic E-state index is -0.994. The summed E-state index contributed by atoms with van der Waals surface area (Å²) in [5.41, 5.74) is 7.74. The number of nitrogens with one attached hydrogen (secondary N) is 1. The lowest BCUT2D eigenvalue weighted by atomic mass is 10.1. The second-order valence-electron chi connectivity index (χ2n) is 7.40. The fraction of sp³-hybridized carbons (Fsp3) is 0.368. The summed E-state index contributed by atoms with van der Waals surface area (Å²) in [5, 5.41) is 3.33. The molecule has 156 valence electrons. The van der Waals surface area contributed by atoms with Gasteiger partial charge in [-0.05, 0) is 40.3 Å². The van der Waals surface area contributed by atoms with Crippen LogP contribution in [0.3, 0.4) is 0 Å².